The van der Waals surface area contributed by atoms with E-state index in [1.807, 2.05) is 11.3 Å². The Morgan fingerprint density at radius 3 is 1.55 bits per heavy atom. The summed E-state index contributed by atoms with van der Waals surface area (Å²) in [6.07, 6.45) is 0. The van der Waals surface area contributed by atoms with Crippen LogP contribution in [0.1, 0.15) is 0 Å². The maximum atomic E-state index is 5.52. The Morgan fingerprint density at radius 2 is 0.806 bits per heavy atom. The smallest absolute Gasteiger partial charge is 0.166 e. The quantitative estimate of drug-likeness (QED) is 0.168. The van der Waals surface area contributed by atoms with Crippen molar-refractivity contribution in [2.45, 2.75) is 0 Å². The number of fused-ring (bicyclic) bond motifs is 6. The van der Waals surface area contributed by atoms with Crippen molar-refractivity contribution in [1.29, 1.82) is 0 Å². The first-order chi connectivity index (χ1) is 30.7. The van der Waals surface area contributed by atoms with Crippen molar-refractivity contribution in [3.8, 4) is 67.5 Å². The fourth-order valence-corrected chi connectivity index (χ4v) is 10.7. The van der Waals surface area contributed by atoms with Crippen LogP contribution in [-0.2, 0) is 0 Å². The Hall–Kier alpha value is -7.99. The molecule has 0 unspecified atom stereocenters. The standard InChI is InChI=1S/C57H34N4S/c1-4-15-35(16-5-1)38-21-12-22-39(31-38)55-58-56(42-33-40(36-17-6-2-7-18-36)32-41(34-42)37-19-8-3-9-20-37)60-57(59-55)47-26-13-25-45-44-24-14-28-49-51(44)52-50(62-49)30-29-46-43-23-10-11-27-48(43)61(53(45)47)54(46)52/h1-34H. The molecule has 0 spiro atoms. The zero-order valence-electron chi connectivity index (χ0n) is 33.3. The molecule has 0 radical (unpaired) electrons. The zero-order valence-corrected chi connectivity index (χ0v) is 34.1. The molecular formula is C57H34N4S. The van der Waals surface area contributed by atoms with E-state index < -0.39 is 0 Å². The molecule has 288 valence electrons. The predicted octanol–water partition coefficient (Wildman–Crippen LogP) is 15.4. The lowest BCUT2D eigenvalue weighted by molar-refractivity contribution is 1.07. The summed E-state index contributed by atoms with van der Waals surface area (Å²) in [5, 5.41) is 7.45. The molecular weight excluding hydrogens is 773 g/mol. The number of hydrogen-bond acceptors (Lipinski definition) is 4. The minimum Gasteiger partial charge on any atom is -0.307 e. The van der Waals surface area contributed by atoms with Crippen LogP contribution in [0.5, 0.6) is 0 Å². The van der Waals surface area contributed by atoms with Gasteiger partial charge in [0.1, 0.15) is 0 Å². The predicted molar refractivity (Wildman–Crippen MR) is 260 cm³/mol. The van der Waals surface area contributed by atoms with E-state index in [4.69, 9.17) is 15.0 Å². The molecule has 4 nitrogen and oxygen atoms in total. The summed E-state index contributed by atoms with van der Waals surface area (Å²) >= 11 is 1.87. The third-order valence-electron chi connectivity index (χ3n) is 12.4. The highest BCUT2D eigenvalue weighted by Crippen LogP contribution is 2.47. The summed E-state index contributed by atoms with van der Waals surface area (Å²) in [4.78, 5) is 16.4. The van der Waals surface area contributed by atoms with E-state index >= 15 is 0 Å². The minimum absolute atomic E-state index is 0.613. The lowest BCUT2D eigenvalue weighted by Crippen LogP contribution is -2.02. The van der Waals surface area contributed by atoms with E-state index in [1.54, 1.807) is 0 Å². The van der Waals surface area contributed by atoms with Gasteiger partial charge < -0.3 is 4.40 Å². The number of thiophene rings is 1. The van der Waals surface area contributed by atoms with Gasteiger partial charge in [-0.25, -0.2) is 15.0 Å². The number of aromatic nitrogens is 4. The van der Waals surface area contributed by atoms with Crippen molar-refractivity contribution < 1.29 is 0 Å². The lowest BCUT2D eigenvalue weighted by Gasteiger charge is -2.14. The van der Waals surface area contributed by atoms with Crippen LogP contribution in [-0.4, -0.2) is 19.4 Å². The molecule has 0 saturated heterocycles. The van der Waals surface area contributed by atoms with Crippen molar-refractivity contribution >= 4 is 69.6 Å². The Labute approximate surface area is 361 Å². The molecule has 62 heavy (non-hydrogen) atoms. The molecule has 0 aliphatic rings. The fraction of sp³-hybridized carbons (Fsp3) is 0. The van der Waals surface area contributed by atoms with Gasteiger partial charge in [0.05, 0.1) is 16.6 Å². The fourth-order valence-electron chi connectivity index (χ4n) is 9.57. The van der Waals surface area contributed by atoms with Gasteiger partial charge in [0.2, 0.25) is 0 Å². The summed E-state index contributed by atoms with van der Waals surface area (Å²) in [6.45, 7) is 0. The summed E-state index contributed by atoms with van der Waals surface area (Å²) in [5.74, 6) is 1.85. The molecule has 0 amide bonds. The maximum Gasteiger partial charge on any atom is 0.166 e. The minimum atomic E-state index is 0.613. The van der Waals surface area contributed by atoms with Crippen LogP contribution >= 0.6 is 11.3 Å². The van der Waals surface area contributed by atoms with Gasteiger partial charge in [-0.1, -0.05) is 158 Å². The number of nitrogens with zero attached hydrogens (tertiary/aromatic N) is 4. The molecule has 0 saturated carbocycles. The van der Waals surface area contributed by atoms with Gasteiger partial charge >= 0.3 is 0 Å². The van der Waals surface area contributed by atoms with Crippen LogP contribution in [0.4, 0.5) is 0 Å². The van der Waals surface area contributed by atoms with Gasteiger partial charge in [-0.15, -0.1) is 11.3 Å². The van der Waals surface area contributed by atoms with Crippen molar-refractivity contribution in [2.75, 3.05) is 0 Å². The molecule has 13 rings (SSSR count). The molecule has 0 bridgehead atoms. The largest absolute Gasteiger partial charge is 0.307 e. The summed E-state index contributed by atoms with van der Waals surface area (Å²) in [5.41, 5.74) is 12.9. The second-order valence-corrected chi connectivity index (χ2v) is 17.0. The monoisotopic (exact) mass is 806 g/mol. The molecule has 5 heteroatoms. The van der Waals surface area contributed by atoms with Gasteiger partial charge in [0.15, 0.2) is 17.5 Å². The summed E-state index contributed by atoms with van der Waals surface area (Å²) in [6, 6.07) is 73.7. The molecule has 4 heterocycles. The first kappa shape index (κ1) is 34.8. The van der Waals surface area contributed by atoms with E-state index in [2.05, 4.69) is 211 Å². The Bertz CT molecular complexity index is 3790. The summed E-state index contributed by atoms with van der Waals surface area (Å²) < 4.78 is 5.07. The highest BCUT2D eigenvalue weighted by molar-refractivity contribution is 7.26. The van der Waals surface area contributed by atoms with E-state index in [-0.39, 0.29) is 0 Å². The molecule has 4 aromatic heterocycles. The van der Waals surface area contributed by atoms with Crippen molar-refractivity contribution in [1.82, 2.24) is 19.4 Å². The first-order valence-corrected chi connectivity index (χ1v) is 21.7. The average molecular weight is 807 g/mol. The van der Waals surface area contributed by atoms with Gasteiger partial charge in [-0.2, -0.15) is 0 Å². The van der Waals surface area contributed by atoms with E-state index in [9.17, 15) is 0 Å². The first-order valence-electron chi connectivity index (χ1n) is 20.9. The second-order valence-electron chi connectivity index (χ2n) is 16.0. The van der Waals surface area contributed by atoms with Crippen LogP contribution < -0.4 is 0 Å². The highest BCUT2D eigenvalue weighted by Gasteiger charge is 2.23. The number of para-hydroxylation sites is 2. The topological polar surface area (TPSA) is 43.1 Å². The lowest BCUT2D eigenvalue weighted by atomic mass is 9.95. The maximum absolute atomic E-state index is 5.52. The Kier molecular flexibility index (Phi) is 7.74. The summed E-state index contributed by atoms with van der Waals surface area (Å²) in [7, 11) is 0. The van der Waals surface area contributed by atoms with E-state index in [1.165, 1.54) is 41.8 Å². The van der Waals surface area contributed by atoms with Crippen molar-refractivity contribution in [2.24, 2.45) is 0 Å². The van der Waals surface area contributed by atoms with Crippen LogP contribution in [0.2, 0.25) is 0 Å². The zero-order chi connectivity index (χ0) is 40.7. The van der Waals surface area contributed by atoms with Crippen molar-refractivity contribution in [3.63, 3.8) is 0 Å². The van der Waals surface area contributed by atoms with Gasteiger partial charge in [-0.3, -0.25) is 0 Å². The average Bonchev–Trinajstić information content (AvgIpc) is 3.86. The molecule has 0 atom stereocenters. The van der Waals surface area contributed by atoms with E-state index in [0.717, 1.165) is 66.5 Å². The molecule has 0 N–H and O–H groups in total. The molecule has 13 aromatic rings. The second kappa shape index (κ2) is 13.8. The van der Waals surface area contributed by atoms with Gasteiger partial charge in [0.25, 0.3) is 0 Å². The third-order valence-corrected chi connectivity index (χ3v) is 13.5. The molecule has 0 aliphatic heterocycles. The highest BCUT2D eigenvalue weighted by atomic mass is 32.1. The Morgan fingerprint density at radius 1 is 0.306 bits per heavy atom. The van der Waals surface area contributed by atoms with Crippen LogP contribution in [0.25, 0.3) is 126 Å². The molecule has 9 aromatic carbocycles. The third kappa shape index (κ3) is 5.42. The molecule has 0 aliphatic carbocycles. The SMILES string of the molecule is c1ccc(-c2cccc(-c3nc(-c4cc(-c5ccccc5)cc(-c5ccccc5)c4)nc(-c4cccc5c6cccc7sc8ccc9c%10ccccc%10n(c45)c9c8c76)n3)c2)cc1. The number of benzene rings is 9. The van der Waals surface area contributed by atoms with Crippen LogP contribution in [0.15, 0.2) is 206 Å². The van der Waals surface area contributed by atoms with E-state index in [0.29, 0.717) is 17.5 Å². The van der Waals surface area contributed by atoms with Gasteiger partial charge in [-0.05, 0) is 87.3 Å². The normalized spacial score (nSPS) is 11.9. The van der Waals surface area contributed by atoms with Crippen LogP contribution in [0, 0.1) is 0 Å². The number of rotatable bonds is 6. The van der Waals surface area contributed by atoms with Crippen LogP contribution in [0.3, 0.4) is 0 Å². The van der Waals surface area contributed by atoms with Crippen molar-refractivity contribution in [3.05, 3.63) is 206 Å². The number of hydrogen-bond donors (Lipinski definition) is 0. The van der Waals surface area contributed by atoms with Gasteiger partial charge in [0, 0.05) is 53.0 Å². The Balaban J connectivity index is 1.15. The molecule has 0 fully saturated rings.